The Kier molecular flexibility index (Phi) is 4.45. The van der Waals surface area contributed by atoms with Gasteiger partial charge in [-0.15, -0.1) is 0 Å². The van der Waals surface area contributed by atoms with Crippen LogP contribution in [0.2, 0.25) is 0 Å². The third-order valence-corrected chi connectivity index (χ3v) is 4.71. The van der Waals surface area contributed by atoms with Gasteiger partial charge in [-0.3, -0.25) is 9.69 Å². The molecule has 0 aromatic heterocycles. The van der Waals surface area contributed by atoms with E-state index in [4.69, 9.17) is 5.11 Å². The van der Waals surface area contributed by atoms with Crippen molar-refractivity contribution in [1.29, 1.82) is 0 Å². The lowest BCUT2D eigenvalue weighted by molar-refractivity contribution is -0.191. The van der Waals surface area contributed by atoms with Gasteiger partial charge in [0.05, 0.1) is 25.4 Å². The molecule has 0 aromatic carbocycles. The van der Waals surface area contributed by atoms with Crippen LogP contribution in [0.25, 0.3) is 0 Å². The van der Waals surface area contributed by atoms with Crippen LogP contribution in [0.15, 0.2) is 0 Å². The Balaban J connectivity index is 1.81. The third-order valence-electron chi connectivity index (χ3n) is 4.71. The monoisotopic (exact) mass is 272 g/mol. The number of nitrogens with zero attached hydrogens (tertiary/aromatic N) is 2. The Morgan fingerprint density at radius 2 is 1.89 bits per heavy atom. The Morgan fingerprint density at radius 3 is 2.37 bits per heavy atom. The van der Waals surface area contributed by atoms with Crippen molar-refractivity contribution < 1.29 is 20.1 Å². The van der Waals surface area contributed by atoms with Gasteiger partial charge in [0, 0.05) is 31.5 Å². The highest BCUT2D eigenvalue weighted by molar-refractivity contribution is 5.78. The van der Waals surface area contributed by atoms with Gasteiger partial charge in [-0.25, -0.2) is 0 Å². The van der Waals surface area contributed by atoms with E-state index in [0.29, 0.717) is 45.4 Å². The highest BCUT2D eigenvalue weighted by Gasteiger charge is 2.55. The van der Waals surface area contributed by atoms with Crippen molar-refractivity contribution in [2.24, 2.45) is 5.41 Å². The minimum atomic E-state index is -0.420. The molecule has 2 rings (SSSR count). The van der Waals surface area contributed by atoms with E-state index in [1.54, 1.807) is 16.8 Å². The van der Waals surface area contributed by atoms with Crippen LogP contribution in [-0.4, -0.2) is 83.1 Å². The number of piperidine rings is 1. The summed E-state index contributed by atoms with van der Waals surface area (Å²) in [4.78, 5) is 15.6. The van der Waals surface area contributed by atoms with Crippen molar-refractivity contribution in [3.63, 3.8) is 0 Å². The van der Waals surface area contributed by atoms with E-state index in [1.165, 1.54) is 0 Å². The first-order chi connectivity index (χ1) is 8.99. The van der Waals surface area contributed by atoms with Crippen molar-refractivity contribution in [3.8, 4) is 0 Å². The molecule has 0 unspecified atom stereocenters. The Labute approximate surface area is 113 Å². The summed E-state index contributed by atoms with van der Waals surface area (Å²) in [5, 5.41) is 28.5. The van der Waals surface area contributed by atoms with Crippen molar-refractivity contribution in [2.45, 2.75) is 31.5 Å². The SMILES string of the molecule is CN(CCO)CC(=O)N1CCC2(CC1)[C@H](O)C[C@@H]2O. The van der Waals surface area contributed by atoms with Crippen molar-refractivity contribution in [3.05, 3.63) is 0 Å². The highest BCUT2D eigenvalue weighted by Crippen LogP contribution is 2.49. The summed E-state index contributed by atoms with van der Waals surface area (Å²) in [6.45, 7) is 2.03. The first-order valence-electron chi connectivity index (χ1n) is 6.93. The quantitative estimate of drug-likeness (QED) is 0.589. The number of likely N-dealkylation sites (tertiary alicyclic amines) is 1. The van der Waals surface area contributed by atoms with Gasteiger partial charge in [-0.2, -0.15) is 0 Å². The minimum Gasteiger partial charge on any atom is -0.395 e. The number of aliphatic hydroxyl groups excluding tert-OH is 3. The van der Waals surface area contributed by atoms with Crippen LogP contribution >= 0.6 is 0 Å². The van der Waals surface area contributed by atoms with Gasteiger partial charge in [0.2, 0.25) is 5.91 Å². The van der Waals surface area contributed by atoms with Gasteiger partial charge in [0.1, 0.15) is 0 Å². The normalized spacial score (nSPS) is 29.6. The molecule has 6 heteroatoms. The van der Waals surface area contributed by atoms with Gasteiger partial charge in [0.15, 0.2) is 0 Å². The number of aliphatic hydroxyl groups is 3. The number of carbonyl (C=O) groups excluding carboxylic acids is 1. The maximum absolute atomic E-state index is 12.0. The van der Waals surface area contributed by atoms with Gasteiger partial charge in [-0.1, -0.05) is 0 Å². The molecule has 0 radical (unpaired) electrons. The summed E-state index contributed by atoms with van der Waals surface area (Å²) in [6.07, 6.45) is 0.969. The number of amides is 1. The molecule has 2 atom stereocenters. The summed E-state index contributed by atoms with van der Waals surface area (Å²) in [5.74, 6) is 0.0501. The molecule has 1 amide bonds. The van der Waals surface area contributed by atoms with E-state index in [0.717, 1.165) is 0 Å². The second kappa shape index (κ2) is 5.75. The molecule has 3 N–H and O–H groups in total. The molecule has 1 saturated carbocycles. The molecular weight excluding hydrogens is 248 g/mol. The van der Waals surface area contributed by atoms with Crippen molar-refractivity contribution >= 4 is 5.91 Å². The van der Waals surface area contributed by atoms with E-state index in [-0.39, 0.29) is 17.9 Å². The smallest absolute Gasteiger partial charge is 0.236 e. The average Bonchev–Trinajstić information content (AvgIpc) is 2.39. The number of carbonyl (C=O) groups is 1. The van der Waals surface area contributed by atoms with E-state index in [9.17, 15) is 15.0 Å². The lowest BCUT2D eigenvalue weighted by Crippen LogP contribution is -2.62. The van der Waals surface area contributed by atoms with E-state index < -0.39 is 12.2 Å². The van der Waals surface area contributed by atoms with Crippen molar-refractivity contribution in [2.75, 3.05) is 39.8 Å². The zero-order chi connectivity index (χ0) is 14.0. The summed E-state index contributed by atoms with van der Waals surface area (Å²) in [7, 11) is 1.80. The van der Waals surface area contributed by atoms with Crippen LogP contribution in [0.1, 0.15) is 19.3 Å². The fourth-order valence-electron chi connectivity index (χ4n) is 3.16. The van der Waals surface area contributed by atoms with Gasteiger partial charge in [0.25, 0.3) is 0 Å². The minimum absolute atomic E-state index is 0.0469. The zero-order valence-electron chi connectivity index (χ0n) is 11.5. The molecular formula is C13H24N2O4. The van der Waals surface area contributed by atoms with E-state index in [2.05, 4.69) is 0 Å². The summed E-state index contributed by atoms with van der Waals surface area (Å²) in [6, 6.07) is 0. The molecule has 1 spiro atoms. The molecule has 6 nitrogen and oxygen atoms in total. The maximum atomic E-state index is 12.0. The molecule has 1 saturated heterocycles. The molecule has 110 valence electrons. The first-order valence-corrected chi connectivity index (χ1v) is 6.93. The van der Waals surface area contributed by atoms with Gasteiger partial charge < -0.3 is 20.2 Å². The summed E-state index contributed by atoms with van der Waals surface area (Å²) < 4.78 is 0. The van der Waals surface area contributed by atoms with E-state index in [1.807, 2.05) is 0 Å². The van der Waals surface area contributed by atoms with Crippen LogP contribution in [0.3, 0.4) is 0 Å². The summed E-state index contributed by atoms with van der Waals surface area (Å²) >= 11 is 0. The second-order valence-corrected chi connectivity index (χ2v) is 5.84. The Morgan fingerprint density at radius 1 is 1.32 bits per heavy atom. The Bertz CT molecular complexity index is 319. The number of hydrogen-bond donors (Lipinski definition) is 3. The molecule has 2 fully saturated rings. The maximum Gasteiger partial charge on any atom is 0.236 e. The molecule has 1 aliphatic heterocycles. The van der Waals surface area contributed by atoms with Crippen LogP contribution in [0, 0.1) is 5.41 Å². The van der Waals surface area contributed by atoms with Crippen LogP contribution in [-0.2, 0) is 4.79 Å². The third kappa shape index (κ3) is 2.76. The fourth-order valence-corrected chi connectivity index (χ4v) is 3.16. The van der Waals surface area contributed by atoms with E-state index >= 15 is 0 Å². The van der Waals surface area contributed by atoms with Crippen LogP contribution < -0.4 is 0 Å². The van der Waals surface area contributed by atoms with Crippen LogP contribution in [0.5, 0.6) is 0 Å². The number of likely N-dealkylation sites (N-methyl/N-ethyl adjacent to an activating group) is 1. The molecule has 2 aliphatic rings. The predicted molar refractivity (Wildman–Crippen MR) is 69.5 cm³/mol. The topological polar surface area (TPSA) is 84.2 Å². The van der Waals surface area contributed by atoms with Gasteiger partial charge >= 0.3 is 0 Å². The molecule has 1 aliphatic carbocycles. The number of rotatable bonds is 4. The predicted octanol–water partition coefficient (Wildman–Crippen LogP) is -1.36. The zero-order valence-corrected chi connectivity index (χ0v) is 11.5. The fraction of sp³-hybridized carbons (Fsp3) is 0.923. The van der Waals surface area contributed by atoms with Crippen LogP contribution in [0.4, 0.5) is 0 Å². The summed E-state index contributed by atoms with van der Waals surface area (Å²) in [5.41, 5.74) is -0.367. The lowest BCUT2D eigenvalue weighted by Gasteiger charge is -2.55. The number of hydrogen-bond acceptors (Lipinski definition) is 5. The Hall–Kier alpha value is -0.690. The van der Waals surface area contributed by atoms with Crippen molar-refractivity contribution in [1.82, 2.24) is 9.80 Å². The molecule has 1 heterocycles. The molecule has 0 bridgehead atoms. The average molecular weight is 272 g/mol. The standard InChI is InChI=1S/C13H24N2O4/c1-14(6-7-16)9-12(19)15-4-2-13(3-5-15)10(17)8-11(13)18/h10-11,16-18H,2-9H2,1H3/t10-,11+. The second-order valence-electron chi connectivity index (χ2n) is 5.84. The molecule has 0 aromatic rings. The highest BCUT2D eigenvalue weighted by atomic mass is 16.3. The first kappa shape index (κ1) is 14.7. The largest absolute Gasteiger partial charge is 0.395 e. The molecule has 19 heavy (non-hydrogen) atoms. The van der Waals surface area contributed by atoms with Gasteiger partial charge in [-0.05, 0) is 19.9 Å². The lowest BCUT2D eigenvalue weighted by atomic mass is 9.58.